The average Bonchev–Trinajstić information content (AvgIpc) is 3.23. The van der Waals surface area contributed by atoms with Gasteiger partial charge in [-0.2, -0.15) is 4.98 Å². The van der Waals surface area contributed by atoms with E-state index in [0.29, 0.717) is 19.0 Å². The molecule has 0 aliphatic carbocycles. The zero-order valence-corrected chi connectivity index (χ0v) is 12.2. The Kier molecular flexibility index (Phi) is 4.18. The molecular weight excluding hydrogens is 276 g/mol. The smallest absolute Gasteiger partial charge is 0.295 e. The fourth-order valence-corrected chi connectivity index (χ4v) is 2.86. The number of amides is 1. The van der Waals surface area contributed by atoms with Crippen molar-refractivity contribution in [1.82, 2.24) is 20.4 Å². The van der Waals surface area contributed by atoms with Crippen molar-refractivity contribution in [3.63, 3.8) is 0 Å². The second-order valence-corrected chi connectivity index (χ2v) is 5.36. The molecule has 1 N–H and O–H groups in total. The van der Waals surface area contributed by atoms with E-state index in [9.17, 15) is 4.79 Å². The summed E-state index contributed by atoms with van der Waals surface area (Å²) in [6.45, 7) is 1.88. The zero-order chi connectivity index (χ0) is 14.8. The Morgan fingerprint density at radius 3 is 2.62 bits per heavy atom. The van der Waals surface area contributed by atoms with Gasteiger partial charge in [-0.1, -0.05) is 5.16 Å². The molecule has 8 nitrogen and oxygen atoms in total. The SMILES string of the molecule is COC1CN(C(=O)c2noc(C3CCCN3)n2)CC1OC. The monoisotopic (exact) mass is 296 g/mol. The molecule has 1 aromatic rings. The number of ether oxygens (including phenoxy) is 2. The normalized spacial score (nSPS) is 29.2. The lowest BCUT2D eigenvalue weighted by atomic mass is 10.2. The standard InChI is InChI=1S/C13H20N4O4/c1-19-9-6-17(7-10(9)20-2)13(18)11-15-12(21-16-11)8-4-3-5-14-8/h8-10,14H,3-7H2,1-2H3. The average molecular weight is 296 g/mol. The van der Waals surface area contributed by atoms with E-state index < -0.39 is 0 Å². The van der Waals surface area contributed by atoms with Crippen molar-refractivity contribution >= 4 is 5.91 Å². The molecule has 0 radical (unpaired) electrons. The maximum Gasteiger partial charge on any atom is 0.295 e. The van der Waals surface area contributed by atoms with E-state index in [1.807, 2.05) is 0 Å². The first kappa shape index (κ1) is 14.4. The summed E-state index contributed by atoms with van der Waals surface area (Å²) in [4.78, 5) is 18.3. The molecule has 0 saturated carbocycles. The first-order valence-corrected chi connectivity index (χ1v) is 7.14. The molecular formula is C13H20N4O4. The second kappa shape index (κ2) is 6.08. The van der Waals surface area contributed by atoms with Crippen molar-refractivity contribution in [2.24, 2.45) is 0 Å². The molecule has 2 aliphatic rings. The van der Waals surface area contributed by atoms with E-state index in [2.05, 4.69) is 15.5 Å². The summed E-state index contributed by atoms with van der Waals surface area (Å²) in [5.74, 6) is 0.344. The maximum absolute atomic E-state index is 12.4. The van der Waals surface area contributed by atoms with Gasteiger partial charge in [0.15, 0.2) is 0 Å². The number of aromatic nitrogens is 2. The maximum atomic E-state index is 12.4. The van der Waals surface area contributed by atoms with Crippen molar-refractivity contribution in [3.8, 4) is 0 Å². The second-order valence-electron chi connectivity index (χ2n) is 5.36. The van der Waals surface area contributed by atoms with Gasteiger partial charge in [0.2, 0.25) is 5.89 Å². The Bertz CT molecular complexity index is 488. The molecule has 0 spiro atoms. The van der Waals surface area contributed by atoms with Gasteiger partial charge in [-0.05, 0) is 19.4 Å². The van der Waals surface area contributed by atoms with E-state index >= 15 is 0 Å². The third-order valence-corrected chi connectivity index (χ3v) is 4.10. The Morgan fingerprint density at radius 1 is 1.33 bits per heavy atom. The van der Waals surface area contributed by atoms with Gasteiger partial charge in [-0.3, -0.25) is 4.79 Å². The van der Waals surface area contributed by atoms with E-state index in [1.165, 1.54) is 0 Å². The third-order valence-electron chi connectivity index (χ3n) is 4.10. The highest BCUT2D eigenvalue weighted by atomic mass is 16.5. The molecule has 3 unspecified atom stereocenters. The van der Waals surface area contributed by atoms with E-state index in [4.69, 9.17) is 14.0 Å². The van der Waals surface area contributed by atoms with Crippen LogP contribution in [0, 0.1) is 0 Å². The number of methoxy groups -OCH3 is 2. The van der Waals surface area contributed by atoms with Crippen LogP contribution in [0.25, 0.3) is 0 Å². The van der Waals surface area contributed by atoms with Crippen LogP contribution in [-0.4, -0.2) is 67.0 Å². The number of carbonyl (C=O) groups is 1. The van der Waals surface area contributed by atoms with Crippen LogP contribution < -0.4 is 5.32 Å². The van der Waals surface area contributed by atoms with Gasteiger partial charge in [-0.25, -0.2) is 0 Å². The van der Waals surface area contributed by atoms with Crippen molar-refractivity contribution < 1.29 is 18.8 Å². The molecule has 3 atom stereocenters. The Morgan fingerprint density at radius 2 is 2.05 bits per heavy atom. The van der Waals surface area contributed by atoms with Crippen LogP contribution in [0.15, 0.2) is 4.52 Å². The quantitative estimate of drug-likeness (QED) is 0.835. The lowest BCUT2D eigenvalue weighted by Gasteiger charge is -2.13. The number of hydrogen-bond donors (Lipinski definition) is 1. The third kappa shape index (κ3) is 2.78. The molecule has 1 amide bonds. The lowest BCUT2D eigenvalue weighted by Crippen LogP contribution is -2.31. The van der Waals surface area contributed by atoms with Gasteiger partial charge in [0.25, 0.3) is 11.7 Å². The van der Waals surface area contributed by atoms with Crippen molar-refractivity contribution in [1.29, 1.82) is 0 Å². The minimum atomic E-state index is -0.246. The molecule has 2 aliphatic heterocycles. The van der Waals surface area contributed by atoms with Crippen molar-refractivity contribution in [2.45, 2.75) is 31.1 Å². The van der Waals surface area contributed by atoms with Gasteiger partial charge in [0.05, 0.1) is 6.04 Å². The van der Waals surface area contributed by atoms with Gasteiger partial charge < -0.3 is 24.2 Å². The van der Waals surface area contributed by atoms with Gasteiger partial charge in [0, 0.05) is 27.3 Å². The highest BCUT2D eigenvalue weighted by Crippen LogP contribution is 2.22. The summed E-state index contributed by atoms with van der Waals surface area (Å²) in [5.41, 5.74) is 0. The lowest BCUT2D eigenvalue weighted by molar-refractivity contribution is -0.00461. The van der Waals surface area contributed by atoms with Gasteiger partial charge in [-0.15, -0.1) is 0 Å². The molecule has 0 bridgehead atoms. The van der Waals surface area contributed by atoms with Crippen LogP contribution >= 0.6 is 0 Å². The predicted molar refractivity (Wildman–Crippen MR) is 71.8 cm³/mol. The zero-order valence-electron chi connectivity index (χ0n) is 12.2. The first-order chi connectivity index (χ1) is 10.2. The fourth-order valence-electron chi connectivity index (χ4n) is 2.86. The minimum absolute atomic E-state index is 0.0658. The topological polar surface area (TPSA) is 89.7 Å². The molecule has 2 fully saturated rings. The van der Waals surface area contributed by atoms with E-state index in [-0.39, 0.29) is 30.0 Å². The molecule has 21 heavy (non-hydrogen) atoms. The molecule has 2 saturated heterocycles. The molecule has 3 rings (SSSR count). The van der Waals surface area contributed by atoms with Crippen LogP contribution in [0.2, 0.25) is 0 Å². The summed E-state index contributed by atoms with van der Waals surface area (Å²) < 4.78 is 15.9. The van der Waals surface area contributed by atoms with E-state index in [1.54, 1.807) is 19.1 Å². The number of nitrogens with one attached hydrogen (secondary N) is 1. The number of nitrogens with zero attached hydrogens (tertiary/aromatic N) is 3. The predicted octanol–water partition coefficient (Wildman–Crippen LogP) is -0.0201. The van der Waals surface area contributed by atoms with Crippen molar-refractivity contribution in [3.05, 3.63) is 11.7 Å². The summed E-state index contributed by atoms with van der Waals surface area (Å²) in [5, 5.41) is 7.07. The summed E-state index contributed by atoms with van der Waals surface area (Å²) in [7, 11) is 3.23. The van der Waals surface area contributed by atoms with Crippen molar-refractivity contribution in [2.75, 3.05) is 33.9 Å². The van der Waals surface area contributed by atoms with Crippen LogP contribution in [-0.2, 0) is 9.47 Å². The largest absolute Gasteiger partial charge is 0.377 e. The minimum Gasteiger partial charge on any atom is -0.377 e. The molecule has 116 valence electrons. The van der Waals surface area contributed by atoms with Crippen LogP contribution in [0.3, 0.4) is 0 Å². The van der Waals surface area contributed by atoms with E-state index in [0.717, 1.165) is 19.4 Å². The number of carbonyl (C=O) groups excluding carboxylic acids is 1. The summed E-state index contributed by atoms with van der Waals surface area (Å²) in [6.07, 6.45) is 1.79. The van der Waals surface area contributed by atoms with Gasteiger partial charge in [0.1, 0.15) is 12.2 Å². The van der Waals surface area contributed by atoms with Crippen LogP contribution in [0.4, 0.5) is 0 Å². The number of likely N-dealkylation sites (tertiary alicyclic amines) is 1. The molecule has 1 aromatic heterocycles. The number of hydrogen-bond acceptors (Lipinski definition) is 7. The molecule has 3 heterocycles. The Hall–Kier alpha value is -1.51. The summed E-state index contributed by atoms with van der Waals surface area (Å²) >= 11 is 0. The highest BCUT2D eigenvalue weighted by Gasteiger charge is 2.37. The molecule has 0 aromatic carbocycles. The van der Waals surface area contributed by atoms with Crippen LogP contribution in [0.5, 0.6) is 0 Å². The Balaban J connectivity index is 1.68. The fraction of sp³-hybridized carbons (Fsp3) is 0.769. The van der Waals surface area contributed by atoms with Gasteiger partial charge >= 0.3 is 0 Å². The first-order valence-electron chi connectivity index (χ1n) is 7.14. The Labute approximate surface area is 122 Å². The number of rotatable bonds is 4. The summed E-state index contributed by atoms with van der Waals surface area (Å²) in [6, 6.07) is 0.0658. The molecule has 8 heteroatoms. The van der Waals surface area contributed by atoms with Crippen LogP contribution in [0.1, 0.15) is 35.4 Å². The highest BCUT2D eigenvalue weighted by molar-refractivity contribution is 5.90.